The maximum atomic E-state index is 13.3. The third-order valence-electron chi connectivity index (χ3n) is 6.03. The molecule has 27 heavy (non-hydrogen) atoms. The van der Waals surface area contributed by atoms with Crippen LogP contribution in [0.25, 0.3) is 0 Å². The Morgan fingerprint density at radius 2 is 1.70 bits per heavy atom. The molecule has 148 valence electrons. The Kier molecular flexibility index (Phi) is 5.92. The van der Waals surface area contributed by atoms with Crippen molar-refractivity contribution in [1.82, 2.24) is 9.80 Å². The first-order valence-electron chi connectivity index (χ1n) is 10.4. The van der Waals surface area contributed by atoms with Crippen LogP contribution < -0.4 is 0 Å². The topological polar surface area (TPSA) is 40.6 Å². The molecule has 0 unspecified atom stereocenters. The minimum Gasteiger partial charge on any atom is -0.338 e. The zero-order valence-electron chi connectivity index (χ0n) is 17.3. The molecule has 0 aliphatic carbocycles. The molecule has 2 amide bonds. The normalized spacial score (nSPS) is 26.3. The molecule has 4 nitrogen and oxygen atoms in total. The third-order valence-corrected chi connectivity index (χ3v) is 6.03. The lowest BCUT2D eigenvalue weighted by Crippen LogP contribution is -2.60. The van der Waals surface area contributed by atoms with Gasteiger partial charge in [-0.15, -0.1) is 0 Å². The minimum absolute atomic E-state index is 0.0317. The summed E-state index contributed by atoms with van der Waals surface area (Å²) in [5.74, 6) is 0.682. The molecule has 3 rings (SSSR count). The molecule has 0 aromatic heterocycles. The lowest BCUT2D eigenvalue weighted by atomic mass is 9.78. The van der Waals surface area contributed by atoms with Crippen molar-refractivity contribution in [3.05, 3.63) is 35.9 Å². The van der Waals surface area contributed by atoms with Crippen LogP contribution in [0.1, 0.15) is 71.3 Å². The first kappa shape index (κ1) is 19.9. The molecule has 2 fully saturated rings. The summed E-state index contributed by atoms with van der Waals surface area (Å²) in [4.78, 5) is 29.8. The number of rotatable bonds is 2. The fourth-order valence-corrected chi connectivity index (χ4v) is 4.90. The van der Waals surface area contributed by atoms with Crippen molar-refractivity contribution in [2.75, 3.05) is 13.1 Å². The molecule has 0 radical (unpaired) electrons. The van der Waals surface area contributed by atoms with Gasteiger partial charge in [-0.25, -0.2) is 0 Å². The molecule has 2 saturated heterocycles. The summed E-state index contributed by atoms with van der Waals surface area (Å²) in [5.41, 5.74) is 1.27. The molecule has 0 spiro atoms. The highest BCUT2D eigenvalue weighted by molar-refractivity contribution is 5.78. The second-order valence-corrected chi connectivity index (χ2v) is 9.40. The Bertz CT molecular complexity index is 665. The lowest BCUT2D eigenvalue weighted by molar-refractivity contribution is -0.144. The van der Waals surface area contributed by atoms with Crippen LogP contribution in [0.4, 0.5) is 0 Å². The molecule has 0 bridgehead atoms. The summed E-state index contributed by atoms with van der Waals surface area (Å²) in [7, 11) is 0. The minimum atomic E-state index is -0.0317. The number of carbonyl (C=O) groups is 2. The summed E-state index contributed by atoms with van der Waals surface area (Å²) >= 11 is 0. The maximum Gasteiger partial charge on any atom is 0.223 e. The van der Waals surface area contributed by atoms with Crippen molar-refractivity contribution in [2.45, 2.75) is 77.8 Å². The average Bonchev–Trinajstić information content (AvgIpc) is 2.83. The van der Waals surface area contributed by atoms with Crippen molar-refractivity contribution in [1.29, 1.82) is 0 Å². The van der Waals surface area contributed by atoms with Gasteiger partial charge in [0, 0.05) is 32.4 Å². The van der Waals surface area contributed by atoms with Crippen LogP contribution in [0.3, 0.4) is 0 Å². The highest BCUT2D eigenvalue weighted by Gasteiger charge is 2.45. The molecule has 2 aliphatic rings. The van der Waals surface area contributed by atoms with E-state index in [2.05, 4.69) is 49.9 Å². The first-order valence-corrected chi connectivity index (χ1v) is 10.4. The number of fused-ring (bicyclic) bond motifs is 1. The van der Waals surface area contributed by atoms with Crippen LogP contribution in [0.2, 0.25) is 0 Å². The van der Waals surface area contributed by atoms with E-state index < -0.39 is 0 Å². The molecular formula is C23H34N2O2. The molecule has 2 heterocycles. The Morgan fingerprint density at radius 3 is 2.33 bits per heavy atom. The number of hydrogen-bond donors (Lipinski definition) is 0. The zero-order chi connectivity index (χ0) is 19.6. The fourth-order valence-electron chi connectivity index (χ4n) is 4.90. The van der Waals surface area contributed by atoms with E-state index in [4.69, 9.17) is 0 Å². The van der Waals surface area contributed by atoms with Crippen LogP contribution in [-0.2, 0) is 9.59 Å². The fraction of sp³-hybridized carbons (Fsp3) is 0.652. The highest BCUT2D eigenvalue weighted by atomic mass is 16.2. The standard InChI is InChI=1S/C23H34N2O2/c1-17(26)24-15-13-19(18-10-6-5-7-11-18)22-20(24)12-8-9-14-25(22)21(27)16-23(2,3)4/h5-7,10-11,19-20,22H,8-9,12-16H2,1-4H3/t19-,20-,22-/m1/s1. The van der Waals surface area contributed by atoms with Crippen molar-refractivity contribution in [3.63, 3.8) is 0 Å². The Morgan fingerprint density at radius 1 is 1.00 bits per heavy atom. The molecule has 4 heteroatoms. The quantitative estimate of drug-likeness (QED) is 0.782. The summed E-state index contributed by atoms with van der Waals surface area (Å²) in [6.07, 6.45) is 4.57. The number of amides is 2. The number of nitrogens with zero attached hydrogens (tertiary/aromatic N) is 2. The predicted molar refractivity (Wildman–Crippen MR) is 108 cm³/mol. The van der Waals surface area contributed by atoms with Crippen LogP contribution in [0.15, 0.2) is 30.3 Å². The van der Waals surface area contributed by atoms with Gasteiger partial charge in [-0.1, -0.05) is 51.1 Å². The molecule has 2 aliphatic heterocycles. The number of piperidine rings is 1. The third kappa shape index (κ3) is 4.53. The first-order chi connectivity index (χ1) is 12.8. The second-order valence-electron chi connectivity index (χ2n) is 9.40. The van der Waals surface area contributed by atoms with Crippen molar-refractivity contribution < 1.29 is 9.59 Å². The van der Waals surface area contributed by atoms with Gasteiger partial charge < -0.3 is 9.80 Å². The molecule has 0 N–H and O–H groups in total. The van der Waals surface area contributed by atoms with Gasteiger partial charge in [-0.05, 0) is 36.7 Å². The smallest absolute Gasteiger partial charge is 0.223 e. The molecule has 1 aromatic rings. The van der Waals surface area contributed by atoms with Crippen LogP contribution in [0.5, 0.6) is 0 Å². The van der Waals surface area contributed by atoms with Gasteiger partial charge in [0.2, 0.25) is 11.8 Å². The Balaban J connectivity index is 1.99. The van der Waals surface area contributed by atoms with Crippen molar-refractivity contribution in [3.8, 4) is 0 Å². The van der Waals surface area contributed by atoms with Gasteiger partial charge in [-0.2, -0.15) is 0 Å². The van der Waals surface area contributed by atoms with E-state index in [0.29, 0.717) is 12.3 Å². The van der Waals surface area contributed by atoms with Crippen LogP contribution in [-0.4, -0.2) is 46.8 Å². The number of likely N-dealkylation sites (tertiary alicyclic amines) is 2. The van der Waals surface area contributed by atoms with E-state index in [1.165, 1.54) is 5.56 Å². The van der Waals surface area contributed by atoms with E-state index >= 15 is 0 Å². The van der Waals surface area contributed by atoms with Gasteiger partial charge in [0.25, 0.3) is 0 Å². The van der Waals surface area contributed by atoms with E-state index in [1.54, 1.807) is 6.92 Å². The van der Waals surface area contributed by atoms with Crippen molar-refractivity contribution in [2.24, 2.45) is 5.41 Å². The molecule has 1 aromatic carbocycles. The Labute approximate surface area is 163 Å². The largest absolute Gasteiger partial charge is 0.338 e. The van der Waals surface area contributed by atoms with Gasteiger partial charge in [0.15, 0.2) is 0 Å². The van der Waals surface area contributed by atoms with E-state index in [-0.39, 0.29) is 29.3 Å². The van der Waals surface area contributed by atoms with E-state index in [1.807, 2.05) is 11.0 Å². The second kappa shape index (κ2) is 8.04. The molecule has 3 atom stereocenters. The van der Waals surface area contributed by atoms with Crippen LogP contribution >= 0.6 is 0 Å². The number of benzene rings is 1. The maximum absolute atomic E-state index is 13.3. The summed E-state index contributed by atoms with van der Waals surface area (Å²) in [6.45, 7) is 9.64. The van der Waals surface area contributed by atoms with Crippen molar-refractivity contribution >= 4 is 11.8 Å². The molecule has 0 saturated carbocycles. The Hall–Kier alpha value is -1.84. The zero-order valence-corrected chi connectivity index (χ0v) is 17.3. The lowest BCUT2D eigenvalue weighted by Gasteiger charge is -2.49. The SMILES string of the molecule is CC(=O)N1CC[C@H](c2ccccc2)[C@@H]2[C@H]1CCCCN2C(=O)CC(C)(C)C. The summed E-state index contributed by atoms with van der Waals surface area (Å²) in [5, 5.41) is 0. The van der Waals surface area contributed by atoms with E-state index in [0.717, 1.165) is 38.8 Å². The van der Waals surface area contributed by atoms with Crippen LogP contribution in [0, 0.1) is 5.41 Å². The highest BCUT2D eigenvalue weighted by Crippen LogP contribution is 2.39. The monoisotopic (exact) mass is 370 g/mol. The predicted octanol–water partition coefficient (Wildman–Crippen LogP) is 4.21. The summed E-state index contributed by atoms with van der Waals surface area (Å²) < 4.78 is 0. The average molecular weight is 371 g/mol. The van der Waals surface area contributed by atoms with Gasteiger partial charge >= 0.3 is 0 Å². The van der Waals surface area contributed by atoms with Gasteiger partial charge in [0.05, 0.1) is 12.1 Å². The number of hydrogen-bond acceptors (Lipinski definition) is 2. The summed E-state index contributed by atoms with van der Waals surface area (Å²) in [6, 6.07) is 10.8. The van der Waals surface area contributed by atoms with E-state index in [9.17, 15) is 9.59 Å². The molecular weight excluding hydrogens is 336 g/mol. The number of carbonyl (C=O) groups excluding carboxylic acids is 2. The van der Waals surface area contributed by atoms with Gasteiger partial charge in [-0.3, -0.25) is 9.59 Å². The van der Waals surface area contributed by atoms with Gasteiger partial charge in [0.1, 0.15) is 0 Å².